The Kier molecular flexibility index (Phi) is 5.70. The van der Waals surface area contributed by atoms with Crippen LogP contribution < -0.4 is 10.6 Å². The van der Waals surface area contributed by atoms with Crippen molar-refractivity contribution in [2.75, 3.05) is 13.1 Å². The Morgan fingerprint density at radius 2 is 2.10 bits per heavy atom. The minimum atomic E-state index is 0.118. The third-order valence-electron chi connectivity index (χ3n) is 3.73. The Morgan fingerprint density at radius 3 is 2.75 bits per heavy atom. The zero-order chi connectivity index (χ0) is 14.5. The van der Waals surface area contributed by atoms with Gasteiger partial charge in [0.15, 0.2) is 0 Å². The van der Waals surface area contributed by atoms with Crippen LogP contribution in [0.2, 0.25) is 10.0 Å². The largest absolute Gasteiger partial charge is 0.356 e. The molecule has 0 unspecified atom stereocenters. The summed E-state index contributed by atoms with van der Waals surface area (Å²) in [5.74, 6) is 0.259. The van der Waals surface area contributed by atoms with Gasteiger partial charge >= 0.3 is 0 Å². The fraction of sp³-hybridized carbons (Fsp3) is 0.533. The minimum Gasteiger partial charge on any atom is -0.356 e. The number of hydrogen-bond acceptors (Lipinski definition) is 2. The lowest BCUT2D eigenvalue weighted by atomic mass is 9.92. The standard InChI is InChI=1S/C15H20Cl2N2O/c1-10-9-11(5-7-18-10)15(20)19-8-6-12-13(16)3-2-4-14(12)17/h2-4,10-11,18H,5-9H2,1H3,(H,19,20)/t10-,11-/m0/s1. The molecular formula is C15H20Cl2N2O. The molecule has 1 saturated heterocycles. The van der Waals surface area contributed by atoms with Crippen LogP contribution in [0, 0.1) is 5.92 Å². The molecule has 2 atom stereocenters. The predicted molar refractivity (Wildman–Crippen MR) is 83.4 cm³/mol. The van der Waals surface area contributed by atoms with Crippen molar-refractivity contribution < 1.29 is 4.79 Å². The van der Waals surface area contributed by atoms with E-state index >= 15 is 0 Å². The molecule has 20 heavy (non-hydrogen) atoms. The summed E-state index contributed by atoms with van der Waals surface area (Å²) in [6.07, 6.45) is 2.46. The van der Waals surface area contributed by atoms with Gasteiger partial charge in [-0.2, -0.15) is 0 Å². The second kappa shape index (κ2) is 7.30. The first-order chi connectivity index (χ1) is 9.58. The molecule has 1 aromatic carbocycles. The summed E-state index contributed by atoms with van der Waals surface area (Å²) in [6.45, 7) is 3.60. The fourth-order valence-corrected chi connectivity index (χ4v) is 3.18. The number of carbonyl (C=O) groups excluding carboxylic acids is 1. The normalized spacial score (nSPS) is 22.6. The fourth-order valence-electron chi connectivity index (χ4n) is 2.60. The Bertz CT molecular complexity index is 459. The van der Waals surface area contributed by atoms with Crippen LogP contribution in [0.3, 0.4) is 0 Å². The molecule has 0 saturated carbocycles. The number of rotatable bonds is 4. The lowest BCUT2D eigenvalue weighted by Gasteiger charge is -2.27. The number of amides is 1. The third kappa shape index (κ3) is 4.11. The van der Waals surface area contributed by atoms with E-state index in [4.69, 9.17) is 23.2 Å². The van der Waals surface area contributed by atoms with Crippen molar-refractivity contribution in [3.05, 3.63) is 33.8 Å². The first kappa shape index (κ1) is 15.6. The quantitative estimate of drug-likeness (QED) is 0.897. The maximum Gasteiger partial charge on any atom is 0.223 e. The van der Waals surface area contributed by atoms with E-state index in [0.717, 1.165) is 24.9 Å². The highest BCUT2D eigenvalue weighted by molar-refractivity contribution is 6.35. The van der Waals surface area contributed by atoms with E-state index in [1.807, 2.05) is 18.2 Å². The molecule has 1 aliphatic rings. The van der Waals surface area contributed by atoms with E-state index in [9.17, 15) is 4.79 Å². The zero-order valence-corrected chi connectivity index (χ0v) is 13.1. The molecule has 1 fully saturated rings. The summed E-state index contributed by atoms with van der Waals surface area (Å²) >= 11 is 12.2. The van der Waals surface area contributed by atoms with Crippen LogP contribution in [0.1, 0.15) is 25.3 Å². The van der Waals surface area contributed by atoms with Gasteiger partial charge in [0, 0.05) is 28.5 Å². The summed E-state index contributed by atoms with van der Waals surface area (Å²) in [5.41, 5.74) is 0.898. The van der Waals surface area contributed by atoms with Crippen LogP contribution in [-0.4, -0.2) is 25.0 Å². The van der Waals surface area contributed by atoms with E-state index in [0.29, 0.717) is 29.1 Å². The van der Waals surface area contributed by atoms with Gasteiger partial charge in [-0.25, -0.2) is 0 Å². The SMILES string of the molecule is C[C@H]1C[C@@H](C(=O)NCCc2c(Cl)cccc2Cl)CCN1. The molecule has 2 rings (SSSR count). The number of benzene rings is 1. The topological polar surface area (TPSA) is 41.1 Å². The third-order valence-corrected chi connectivity index (χ3v) is 4.44. The molecule has 1 aliphatic heterocycles. The highest BCUT2D eigenvalue weighted by atomic mass is 35.5. The van der Waals surface area contributed by atoms with E-state index < -0.39 is 0 Å². The number of hydrogen-bond donors (Lipinski definition) is 2. The highest BCUT2D eigenvalue weighted by Crippen LogP contribution is 2.24. The molecule has 110 valence electrons. The van der Waals surface area contributed by atoms with Gasteiger partial charge in [-0.1, -0.05) is 29.3 Å². The first-order valence-electron chi connectivity index (χ1n) is 7.02. The molecule has 1 aromatic rings. The van der Waals surface area contributed by atoms with Crippen molar-refractivity contribution in [3.8, 4) is 0 Å². The molecule has 0 spiro atoms. The Labute approximate surface area is 130 Å². The van der Waals surface area contributed by atoms with E-state index in [2.05, 4.69) is 17.6 Å². The van der Waals surface area contributed by atoms with Gasteiger partial charge in [-0.3, -0.25) is 4.79 Å². The second-order valence-corrected chi connectivity index (χ2v) is 6.13. The highest BCUT2D eigenvalue weighted by Gasteiger charge is 2.24. The number of nitrogens with one attached hydrogen (secondary N) is 2. The number of carbonyl (C=O) groups is 1. The molecule has 0 bridgehead atoms. The van der Waals surface area contributed by atoms with Gasteiger partial charge in [0.1, 0.15) is 0 Å². The summed E-state index contributed by atoms with van der Waals surface area (Å²) in [5, 5.41) is 7.65. The van der Waals surface area contributed by atoms with Crippen molar-refractivity contribution in [1.82, 2.24) is 10.6 Å². The van der Waals surface area contributed by atoms with Crippen LogP contribution in [0.4, 0.5) is 0 Å². The van der Waals surface area contributed by atoms with Gasteiger partial charge in [-0.05, 0) is 50.4 Å². The van der Waals surface area contributed by atoms with Crippen LogP contribution in [0.25, 0.3) is 0 Å². The molecule has 1 heterocycles. The van der Waals surface area contributed by atoms with Crippen molar-refractivity contribution in [1.29, 1.82) is 0 Å². The van der Waals surface area contributed by atoms with Crippen LogP contribution in [-0.2, 0) is 11.2 Å². The first-order valence-corrected chi connectivity index (χ1v) is 7.77. The zero-order valence-electron chi connectivity index (χ0n) is 11.6. The molecule has 0 radical (unpaired) electrons. The van der Waals surface area contributed by atoms with Crippen molar-refractivity contribution in [3.63, 3.8) is 0 Å². The average molecular weight is 315 g/mol. The summed E-state index contributed by atoms with van der Waals surface area (Å²) in [7, 11) is 0. The Balaban J connectivity index is 1.82. The summed E-state index contributed by atoms with van der Waals surface area (Å²) < 4.78 is 0. The molecule has 2 N–H and O–H groups in total. The van der Waals surface area contributed by atoms with Gasteiger partial charge in [0.2, 0.25) is 5.91 Å². The predicted octanol–water partition coefficient (Wildman–Crippen LogP) is 3.04. The second-order valence-electron chi connectivity index (χ2n) is 5.32. The summed E-state index contributed by atoms with van der Waals surface area (Å²) in [6, 6.07) is 5.87. The average Bonchev–Trinajstić information content (AvgIpc) is 2.42. The maximum atomic E-state index is 12.1. The van der Waals surface area contributed by atoms with Gasteiger partial charge in [0.05, 0.1) is 0 Å². The Morgan fingerprint density at radius 1 is 1.40 bits per heavy atom. The molecule has 1 amide bonds. The van der Waals surface area contributed by atoms with Gasteiger partial charge in [-0.15, -0.1) is 0 Å². The lowest BCUT2D eigenvalue weighted by Crippen LogP contribution is -2.42. The Hall–Kier alpha value is -0.770. The molecule has 3 nitrogen and oxygen atoms in total. The van der Waals surface area contributed by atoms with Crippen molar-refractivity contribution in [2.45, 2.75) is 32.2 Å². The number of piperidine rings is 1. The molecule has 5 heteroatoms. The number of halogens is 2. The molecular weight excluding hydrogens is 295 g/mol. The lowest BCUT2D eigenvalue weighted by molar-refractivity contribution is -0.126. The van der Waals surface area contributed by atoms with Crippen LogP contribution in [0.15, 0.2) is 18.2 Å². The molecule has 0 aromatic heterocycles. The monoisotopic (exact) mass is 314 g/mol. The van der Waals surface area contributed by atoms with E-state index in [1.165, 1.54) is 0 Å². The van der Waals surface area contributed by atoms with Crippen molar-refractivity contribution in [2.24, 2.45) is 5.92 Å². The smallest absolute Gasteiger partial charge is 0.223 e. The van der Waals surface area contributed by atoms with Gasteiger partial charge in [0.25, 0.3) is 0 Å². The van der Waals surface area contributed by atoms with Crippen molar-refractivity contribution >= 4 is 29.1 Å². The van der Waals surface area contributed by atoms with Gasteiger partial charge < -0.3 is 10.6 Å². The van der Waals surface area contributed by atoms with E-state index in [1.54, 1.807) is 0 Å². The summed E-state index contributed by atoms with van der Waals surface area (Å²) in [4.78, 5) is 12.1. The van der Waals surface area contributed by atoms with E-state index in [-0.39, 0.29) is 11.8 Å². The maximum absolute atomic E-state index is 12.1. The minimum absolute atomic E-state index is 0.118. The van der Waals surface area contributed by atoms with Crippen LogP contribution >= 0.6 is 23.2 Å². The van der Waals surface area contributed by atoms with Crippen LogP contribution in [0.5, 0.6) is 0 Å². The molecule has 0 aliphatic carbocycles.